The Morgan fingerprint density at radius 2 is 2.24 bits per heavy atom. The number of carbonyl (C=O) groups is 2. The van der Waals surface area contributed by atoms with E-state index in [1.165, 1.54) is 11.3 Å². The van der Waals surface area contributed by atoms with E-state index in [-0.39, 0.29) is 18.0 Å². The summed E-state index contributed by atoms with van der Waals surface area (Å²) in [6.07, 6.45) is 0.361. The van der Waals surface area contributed by atoms with Gasteiger partial charge in [0.2, 0.25) is 0 Å². The average molecular weight is 257 g/mol. The molecule has 0 aliphatic carbocycles. The molecule has 0 aliphatic heterocycles. The lowest BCUT2D eigenvalue weighted by molar-refractivity contribution is -0.137. The molecule has 0 aliphatic rings. The van der Waals surface area contributed by atoms with E-state index < -0.39 is 11.5 Å². The number of rotatable bonds is 5. The summed E-state index contributed by atoms with van der Waals surface area (Å²) in [5, 5.41) is 13.2. The monoisotopic (exact) mass is 257 g/mol. The van der Waals surface area contributed by atoms with Crippen LogP contribution < -0.4 is 11.1 Å². The van der Waals surface area contributed by atoms with E-state index in [9.17, 15) is 9.59 Å². The summed E-state index contributed by atoms with van der Waals surface area (Å²) >= 11 is 1.19. The maximum atomic E-state index is 11.7. The Balaban J connectivity index is 2.58. The van der Waals surface area contributed by atoms with E-state index in [1.54, 1.807) is 19.2 Å². The van der Waals surface area contributed by atoms with Crippen LogP contribution in [-0.4, -0.2) is 27.5 Å². The minimum absolute atomic E-state index is 0.00643. The largest absolute Gasteiger partial charge is 0.481 e. The zero-order chi connectivity index (χ0) is 13.1. The number of nitrogens with two attached hydrogens (primary N) is 1. The van der Waals surface area contributed by atoms with Crippen LogP contribution >= 0.6 is 11.3 Å². The maximum absolute atomic E-state index is 11.7. The zero-order valence-corrected chi connectivity index (χ0v) is 10.5. The van der Waals surface area contributed by atoms with E-state index in [2.05, 4.69) is 10.3 Å². The molecule has 7 heteroatoms. The van der Waals surface area contributed by atoms with Crippen LogP contribution in [0.3, 0.4) is 0 Å². The smallest absolute Gasteiger partial charge is 0.303 e. The lowest BCUT2D eigenvalue weighted by Gasteiger charge is -2.25. The van der Waals surface area contributed by atoms with Crippen LogP contribution in [0.5, 0.6) is 0 Å². The summed E-state index contributed by atoms with van der Waals surface area (Å²) in [6, 6.07) is 0. The minimum atomic E-state index is -0.884. The van der Waals surface area contributed by atoms with Gasteiger partial charge in [-0.1, -0.05) is 0 Å². The molecule has 94 valence electrons. The molecule has 0 radical (unpaired) electrons. The van der Waals surface area contributed by atoms with E-state index in [0.29, 0.717) is 11.6 Å². The SMILES string of the molecule is CC(C)(CCC(=O)O)NC(=O)c1csc(N)n1. The molecule has 1 rings (SSSR count). The highest BCUT2D eigenvalue weighted by Gasteiger charge is 2.23. The highest BCUT2D eigenvalue weighted by Crippen LogP contribution is 2.15. The third-order valence-corrected chi connectivity index (χ3v) is 2.84. The average Bonchev–Trinajstić information content (AvgIpc) is 2.61. The first-order chi connectivity index (χ1) is 7.80. The van der Waals surface area contributed by atoms with E-state index in [0.717, 1.165) is 0 Å². The van der Waals surface area contributed by atoms with Crippen molar-refractivity contribution in [1.29, 1.82) is 0 Å². The topological polar surface area (TPSA) is 105 Å². The van der Waals surface area contributed by atoms with Gasteiger partial charge in [0.25, 0.3) is 5.91 Å². The highest BCUT2D eigenvalue weighted by atomic mass is 32.1. The Bertz CT molecular complexity index is 428. The molecule has 4 N–H and O–H groups in total. The number of nitrogen functional groups attached to an aromatic ring is 1. The van der Waals surface area contributed by atoms with Gasteiger partial charge in [-0.3, -0.25) is 9.59 Å². The van der Waals surface area contributed by atoms with Gasteiger partial charge in [0.05, 0.1) is 0 Å². The number of carboxylic acid groups (broad SMARTS) is 1. The van der Waals surface area contributed by atoms with Gasteiger partial charge in [-0.05, 0) is 20.3 Å². The fraction of sp³-hybridized carbons (Fsp3) is 0.500. The minimum Gasteiger partial charge on any atom is -0.481 e. The Morgan fingerprint density at radius 1 is 1.59 bits per heavy atom. The number of nitrogens with zero attached hydrogens (tertiary/aromatic N) is 1. The van der Waals surface area contributed by atoms with Gasteiger partial charge in [0.1, 0.15) is 5.69 Å². The first-order valence-corrected chi connectivity index (χ1v) is 5.93. The molecule has 0 saturated heterocycles. The van der Waals surface area contributed by atoms with Crippen LogP contribution in [0.1, 0.15) is 37.2 Å². The predicted molar refractivity (Wildman–Crippen MR) is 64.9 cm³/mol. The molecule has 0 unspecified atom stereocenters. The summed E-state index contributed by atoms with van der Waals surface area (Å²) in [5.74, 6) is -1.22. The van der Waals surface area contributed by atoms with Crippen LogP contribution in [0, 0.1) is 0 Å². The van der Waals surface area contributed by atoms with Crippen LogP contribution in [0.15, 0.2) is 5.38 Å². The van der Waals surface area contributed by atoms with Gasteiger partial charge in [0.15, 0.2) is 5.13 Å². The number of hydrogen-bond donors (Lipinski definition) is 3. The van der Waals surface area contributed by atoms with E-state index in [1.807, 2.05) is 0 Å². The molecule has 17 heavy (non-hydrogen) atoms. The molecule has 0 spiro atoms. The van der Waals surface area contributed by atoms with E-state index in [4.69, 9.17) is 10.8 Å². The molecule has 1 heterocycles. The fourth-order valence-corrected chi connectivity index (χ4v) is 1.79. The van der Waals surface area contributed by atoms with Crippen molar-refractivity contribution < 1.29 is 14.7 Å². The molecule has 0 fully saturated rings. The van der Waals surface area contributed by atoms with E-state index >= 15 is 0 Å². The number of aromatic nitrogens is 1. The quantitative estimate of drug-likeness (QED) is 0.732. The molecule has 0 atom stereocenters. The van der Waals surface area contributed by atoms with Gasteiger partial charge >= 0.3 is 5.97 Å². The van der Waals surface area contributed by atoms with Crippen molar-refractivity contribution in [2.24, 2.45) is 0 Å². The summed E-state index contributed by atoms with van der Waals surface area (Å²) in [5.41, 5.74) is 5.10. The molecule has 1 amide bonds. The first-order valence-electron chi connectivity index (χ1n) is 5.05. The standard InChI is InChI=1S/C10H15N3O3S/c1-10(2,4-3-7(14)15)13-8(16)6-5-17-9(11)12-6/h5H,3-4H2,1-2H3,(H2,11,12)(H,13,16)(H,14,15). The molecule has 6 nitrogen and oxygen atoms in total. The fourth-order valence-electron chi connectivity index (χ4n) is 1.25. The molecule has 0 saturated carbocycles. The number of carbonyl (C=O) groups excluding carboxylic acids is 1. The number of hydrogen-bond acceptors (Lipinski definition) is 5. The molecule has 0 bridgehead atoms. The molecular formula is C10H15N3O3S. The first kappa shape index (κ1) is 13.4. The highest BCUT2D eigenvalue weighted by molar-refractivity contribution is 7.13. The summed E-state index contributed by atoms with van der Waals surface area (Å²) < 4.78 is 0. The second-order valence-electron chi connectivity index (χ2n) is 4.30. The van der Waals surface area contributed by atoms with Crippen molar-refractivity contribution in [2.45, 2.75) is 32.2 Å². The Morgan fingerprint density at radius 3 is 2.71 bits per heavy atom. The van der Waals surface area contributed by atoms with Crippen molar-refractivity contribution in [3.63, 3.8) is 0 Å². The molecule has 1 aromatic heterocycles. The van der Waals surface area contributed by atoms with Crippen molar-refractivity contribution >= 4 is 28.3 Å². The van der Waals surface area contributed by atoms with Crippen molar-refractivity contribution in [3.05, 3.63) is 11.1 Å². The van der Waals surface area contributed by atoms with Gasteiger partial charge < -0.3 is 16.2 Å². The number of carboxylic acids is 1. The lowest BCUT2D eigenvalue weighted by atomic mass is 9.98. The van der Waals surface area contributed by atoms with Crippen LogP contribution in [-0.2, 0) is 4.79 Å². The summed E-state index contributed by atoms with van der Waals surface area (Å²) in [7, 11) is 0. The van der Waals surface area contributed by atoms with Crippen LogP contribution in [0.2, 0.25) is 0 Å². The maximum Gasteiger partial charge on any atom is 0.303 e. The number of aliphatic carboxylic acids is 1. The number of amides is 1. The van der Waals surface area contributed by atoms with Crippen molar-refractivity contribution in [3.8, 4) is 0 Å². The Labute approximate surface area is 103 Å². The third kappa shape index (κ3) is 4.39. The van der Waals surface area contributed by atoms with Gasteiger partial charge in [-0.25, -0.2) is 4.98 Å². The normalized spacial score (nSPS) is 11.2. The summed E-state index contributed by atoms with van der Waals surface area (Å²) in [4.78, 5) is 26.1. The summed E-state index contributed by atoms with van der Waals surface area (Å²) in [6.45, 7) is 3.53. The Hall–Kier alpha value is -1.63. The van der Waals surface area contributed by atoms with Gasteiger partial charge in [-0.2, -0.15) is 0 Å². The predicted octanol–water partition coefficient (Wildman–Crippen LogP) is 1.10. The molecule has 0 aromatic carbocycles. The zero-order valence-electron chi connectivity index (χ0n) is 9.69. The van der Waals surface area contributed by atoms with Crippen molar-refractivity contribution in [1.82, 2.24) is 10.3 Å². The van der Waals surface area contributed by atoms with Crippen molar-refractivity contribution in [2.75, 3.05) is 5.73 Å². The molecule has 1 aromatic rings. The second kappa shape index (κ2) is 5.13. The molecular weight excluding hydrogens is 242 g/mol. The van der Waals surface area contributed by atoms with Crippen LogP contribution in [0.25, 0.3) is 0 Å². The van der Waals surface area contributed by atoms with Gasteiger partial charge in [-0.15, -0.1) is 11.3 Å². The second-order valence-corrected chi connectivity index (χ2v) is 5.19. The number of thiazole rings is 1. The number of anilines is 1. The number of nitrogens with one attached hydrogen (secondary N) is 1. The Kier molecular flexibility index (Phi) is 4.06. The third-order valence-electron chi connectivity index (χ3n) is 2.17. The van der Waals surface area contributed by atoms with Crippen LogP contribution in [0.4, 0.5) is 5.13 Å². The van der Waals surface area contributed by atoms with Gasteiger partial charge in [0, 0.05) is 17.3 Å². The lowest BCUT2D eigenvalue weighted by Crippen LogP contribution is -2.43.